The molecule has 0 amide bonds. The van der Waals surface area contributed by atoms with E-state index >= 15 is 0 Å². The number of hydrogen-bond acceptors (Lipinski definition) is 3. The number of aliphatic hydroxyl groups excluding tert-OH is 1. The van der Waals surface area contributed by atoms with Gasteiger partial charge in [0.15, 0.2) is 0 Å². The molecule has 2 unspecified atom stereocenters. The Bertz CT molecular complexity index is 355. The molecule has 2 N–H and O–H groups in total. The Hall–Kier alpha value is -0.900. The van der Waals surface area contributed by atoms with Gasteiger partial charge >= 0.3 is 0 Å². The number of β-amino-alcohol motifs (C(OH)–C–C–N with tert-alkyl or cyclic N) is 1. The van der Waals surface area contributed by atoms with Crippen molar-refractivity contribution in [3.8, 4) is 0 Å². The summed E-state index contributed by atoms with van der Waals surface area (Å²) in [6, 6.07) is 11.1. The van der Waals surface area contributed by atoms with E-state index in [-0.39, 0.29) is 6.10 Å². The highest BCUT2D eigenvalue weighted by Gasteiger charge is 2.21. The molecule has 0 spiro atoms. The molecule has 3 nitrogen and oxygen atoms in total. The van der Waals surface area contributed by atoms with E-state index in [1.807, 2.05) is 0 Å². The molecule has 106 valence electrons. The molecule has 1 aliphatic rings. The van der Waals surface area contributed by atoms with Crippen molar-refractivity contribution in [2.45, 2.75) is 38.3 Å². The van der Waals surface area contributed by atoms with Crippen molar-refractivity contribution >= 4 is 0 Å². The first kappa shape index (κ1) is 14.5. The SMILES string of the molecule is CCCNC(CCN1CCC(O)C1)c1ccccc1. The van der Waals surface area contributed by atoms with Gasteiger partial charge in [0.25, 0.3) is 0 Å². The van der Waals surface area contributed by atoms with Crippen LogP contribution in [0, 0.1) is 0 Å². The summed E-state index contributed by atoms with van der Waals surface area (Å²) < 4.78 is 0. The summed E-state index contributed by atoms with van der Waals surface area (Å²) in [7, 11) is 0. The average molecular weight is 262 g/mol. The Morgan fingerprint density at radius 1 is 1.37 bits per heavy atom. The average Bonchev–Trinajstić information content (AvgIpc) is 2.86. The highest BCUT2D eigenvalue weighted by Crippen LogP contribution is 2.18. The molecule has 2 rings (SSSR count). The van der Waals surface area contributed by atoms with Gasteiger partial charge in [0.1, 0.15) is 0 Å². The van der Waals surface area contributed by atoms with Crippen LogP contribution in [-0.2, 0) is 0 Å². The highest BCUT2D eigenvalue weighted by molar-refractivity contribution is 5.18. The van der Waals surface area contributed by atoms with Crippen LogP contribution in [0.3, 0.4) is 0 Å². The van der Waals surface area contributed by atoms with Crippen molar-refractivity contribution in [3.63, 3.8) is 0 Å². The molecule has 1 aromatic carbocycles. The number of nitrogens with zero attached hydrogens (tertiary/aromatic N) is 1. The van der Waals surface area contributed by atoms with E-state index in [2.05, 4.69) is 47.5 Å². The van der Waals surface area contributed by atoms with E-state index < -0.39 is 0 Å². The van der Waals surface area contributed by atoms with Gasteiger partial charge in [-0.15, -0.1) is 0 Å². The molecule has 0 saturated carbocycles. The lowest BCUT2D eigenvalue weighted by atomic mass is 10.0. The molecular formula is C16H26N2O. The lowest BCUT2D eigenvalue weighted by molar-refractivity contribution is 0.174. The molecule has 2 atom stereocenters. The predicted molar refractivity (Wildman–Crippen MR) is 79.2 cm³/mol. The molecule has 0 radical (unpaired) electrons. The van der Waals surface area contributed by atoms with Gasteiger partial charge in [0.05, 0.1) is 6.10 Å². The summed E-state index contributed by atoms with van der Waals surface area (Å²) in [6.45, 7) is 6.20. The molecule has 1 aliphatic heterocycles. The van der Waals surface area contributed by atoms with Crippen molar-refractivity contribution in [3.05, 3.63) is 35.9 Å². The number of rotatable bonds is 7. The second kappa shape index (κ2) is 7.63. The smallest absolute Gasteiger partial charge is 0.0679 e. The van der Waals surface area contributed by atoms with Crippen molar-refractivity contribution < 1.29 is 5.11 Å². The predicted octanol–water partition coefficient (Wildman–Crippen LogP) is 2.18. The van der Waals surface area contributed by atoms with Gasteiger partial charge in [-0.1, -0.05) is 37.3 Å². The maximum atomic E-state index is 9.57. The fourth-order valence-electron chi connectivity index (χ4n) is 2.72. The monoisotopic (exact) mass is 262 g/mol. The van der Waals surface area contributed by atoms with Gasteiger partial charge < -0.3 is 15.3 Å². The van der Waals surface area contributed by atoms with Crippen molar-refractivity contribution in [2.75, 3.05) is 26.2 Å². The third kappa shape index (κ3) is 4.60. The third-order valence-corrected chi connectivity index (χ3v) is 3.82. The Kier molecular flexibility index (Phi) is 5.83. The first-order chi connectivity index (χ1) is 9.29. The third-order valence-electron chi connectivity index (χ3n) is 3.82. The number of likely N-dealkylation sites (tertiary alicyclic amines) is 1. The summed E-state index contributed by atoms with van der Waals surface area (Å²) in [4.78, 5) is 2.37. The van der Waals surface area contributed by atoms with Crippen LogP contribution in [0.1, 0.15) is 37.8 Å². The Morgan fingerprint density at radius 2 is 2.16 bits per heavy atom. The molecule has 1 aromatic rings. The minimum atomic E-state index is -0.112. The van der Waals surface area contributed by atoms with Gasteiger partial charge in [0.2, 0.25) is 0 Å². The summed E-state index contributed by atoms with van der Waals surface area (Å²) in [5.74, 6) is 0. The molecular weight excluding hydrogens is 236 g/mol. The molecule has 0 aliphatic carbocycles. The molecule has 3 heteroatoms. The van der Waals surface area contributed by atoms with Crippen LogP contribution < -0.4 is 5.32 Å². The first-order valence-corrected chi connectivity index (χ1v) is 7.48. The van der Waals surface area contributed by atoms with E-state index in [4.69, 9.17) is 0 Å². The summed E-state index contributed by atoms with van der Waals surface area (Å²) in [5.41, 5.74) is 1.37. The molecule has 1 saturated heterocycles. The van der Waals surface area contributed by atoms with Gasteiger partial charge in [0, 0.05) is 25.7 Å². The molecule has 1 heterocycles. The van der Waals surface area contributed by atoms with Crippen molar-refractivity contribution in [1.82, 2.24) is 10.2 Å². The lowest BCUT2D eigenvalue weighted by Gasteiger charge is -2.22. The quantitative estimate of drug-likeness (QED) is 0.790. The summed E-state index contributed by atoms with van der Waals surface area (Å²) >= 11 is 0. The largest absolute Gasteiger partial charge is 0.392 e. The van der Waals surface area contributed by atoms with Crippen LogP contribution in [0.2, 0.25) is 0 Å². The maximum absolute atomic E-state index is 9.57. The van der Waals surface area contributed by atoms with Crippen LogP contribution in [-0.4, -0.2) is 42.3 Å². The molecule has 0 bridgehead atoms. The van der Waals surface area contributed by atoms with Crippen LogP contribution in [0.5, 0.6) is 0 Å². The lowest BCUT2D eigenvalue weighted by Crippen LogP contribution is -2.29. The maximum Gasteiger partial charge on any atom is 0.0679 e. The zero-order chi connectivity index (χ0) is 13.5. The van der Waals surface area contributed by atoms with Gasteiger partial charge in [-0.2, -0.15) is 0 Å². The molecule has 1 fully saturated rings. The first-order valence-electron chi connectivity index (χ1n) is 7.48. The fraction of sp³-hybridized carbons (Fsp3) is 0.625. The van der Waals surface area contributed by atoms with Gasteiger partial charge in [-0.05, 0) is 31.4 Å². The van der Waals surface area contributed by atoms with Gasteiger partial charge in [-0.25, -0.2) is 0 Å². The van der Waals surface area contributed by atoms with E-state index in [1.54, 1.807) is 0 Å². The number of benzene rings is 1. The zero-order valence-corrected chi connectivity index (χ0v) is 11.9. The van der Waals surface area contributed by atoms with E-state index in [9.17, 15) is 5.11 Å². The second-order valence-corrected chi connectivity index (χ2v) is 5.45. The minimum absolute atomic E-state index is 0.112. The number of aliphatic hydroxyl groups is 1. The normalized spacial score (nSPS) is 21.7. The zero-order valence-electron chi connectivity index (χ0n) is 11.9. The summed E-state index contributed by atoms with van der Waals surface area (Å²) in [5, 5.41) is 13.2. The minimum Gasteiger partial charge on any atom is -0.392 e. The van der Waals surface area contributed by atoms with Crippen LogP contribution >= 0.6 is 0 Å². The Labute approximate surface area is 116 Å². The van der Waals surface area contributed by atoms with Crippen molar-refractivity contribution in [2.24, 2.45) is 0 Å². The number of nitrogens with one attached hydrogen (secondary N) is 1. The highest BCUT2D eigenvalue weighted by atomic mass is 16.3. The standard InChI is InChI=1S/C16H26N2O/c1-2-10-17-16(14-6-4-3-5-7-14)9-12-18-11-8-15(19)13-18/h3-7,15-17,19H,2,8-13H2,1H3. The molecule has 0 aromatic heterocycles. The van der Waals surface area contributed by atoms with Crippen LogP contribution in [0.25, 0.3) is 0 Å². The number of hydrogen-bond donors (Lipinski definition) is 2. The second-order valence-electron chi connectivity index (χ2n) is 5.45. The van der Waals surface area contributed by atoms with Crippen LogP contribution in [0.15, 0.2) is 30.3 Å². The topological polar surface area (TPSA) is 35.5 Å². The van der Waals surface area contributed by atoms with Crippen LogP contribution in [0.4, 0.5) is 0 Å². The molecule has 19 heavy (non-hydrogen) atoms. The van der Waals surface area contributed by atoms with E-state index in [1.165, 1.54) is 5.56 Å². The van der Waals surface area contributed by atoms with Crippen molar-refractivity contribution in [1.29, 1.82) is 0 Å². The van der Waals surface area contributed by atoms with E-state index in [0.717, 1.165) is 45.4 Å². The summed E-state index contributed by atoms with van der Waals surface area (Å²) in [6.07, 6.45) is 3.08. The van der Waals surface area contributed by atoms with E-state index in [0.29, 0.717) is 6.04 Å². The van der Waals surface area contributed by atoms with Gasteiger partial charge in [-0.3, -0.25) is 0 Å². The fourth-order valence-corrected chi connectivity index (χ4v) is 2.72. The Morgan fingerprint density at radius 3 is 2.79 bits per heavy atom. The Balaban J connectivity index is 1.87.